The Labute approximate surface area is 98.0 Å². The van der Waals surface area contributed by atoms with Crippen LogP contribution in [0.2, 0.25) is 5.15 Å². The number of imidazole rings is 1. The van der Waals surface area contributed by atoms with Crippen LogP contribution in [-0.2, 0) is 6.42 Å². The van der Waals surface area contributed by atoms with Crippen molar-refractivity contribution in [1.29, 1.82) is 0 Å². The first-order chi connectivity index (χ1) is 7.77. The van der Waals surface area contributed by atoms with E-state index in [1.54, 1.807) is 6.26 Å². The molecule has 0 aromatic carbocycles. The molecule has 0 amide bonds. The van der Waals surface area contributed by atoms with E-state index in [2.05, 4.69) is 4.98 Å². The van der Waals surface area contributed by atoms with Gasteiger partial charge in [0.2, 0.25) is 0 Å². The highest BCUT2D eigenvalue weighted by atomic mass is 35.5. The van der Waals surface area contributed by atoms with E-state index in [0.717, 1.165) is 30.8 Å². The summed E-state index contributed by atoms with van der Waals surface area (Å²) in [6, 6.07) is 3.70. The van der Waals surface area contributed by atoms with Gasteiger partial charge in [0.25, 0.3) is 0 Å². The predicted molar refractivity (Wildman–Crippen MR) is 61.1 cm³/mol. The molecule has 0 saturated heterocycles. The number of hydrogen-bond donors (Lipinski definition) is 1. The second-order valence-corrected chi connectivity index (χ2v) is 4.34. The zero-order valence-corrected chi connectivity index (χ0v) is 9.44. The number of aromatic nitrogens is 2. The summed E-state index contributed by atoms with van der Waals surface area (Å²) in [4.78, 5) is 4.34. The maximum Gasteiger partial charge on any atom is 0.179 e. The molecule has 0 aliphatic carbocycles. The second-order valence-electron chi connectivity index (χ2n) is 3.98. The molecule has 1 aliphatic heterocycles. The van der Waals surface area contributed by atoms with E-state index in [1.165, 1.54) is 0 Å². The Morgan fingerprint density at radius 2 is 2.44 bits per heavy atom. The Bertz CT molecular complexity index is 504. The smallest absolute Gasteiger partial charge is 0.179 e. The van der Waals surface area contributed by atoms with Crippen LogP contribution < -0.4 is 5.73 Å². The van der Waals surface area contributed by atoms with Gasteiger partial charge in [0.05, 0.1) is 18.1 Å². The van der Waals surface area contributed by atoms with E-state index in [-0.39, 0.29) is 6.17 Å². The number of nitrogens with two attached hydrogens (primary N) is 1. The summed E-state index contributed by atoms with van der Waals surface area (Å²) in [5, 5.41) is 0.543. The molecule has 3 rings (SSSR count). The first-order valence-corrected chi connectivity index (χ1v) is 5.71. The Hall–Kier alpha value is -1.26. The molecular weight excluding hydrogens is 226 g/mol. The van der Waals surface area contributed by atoms with Crippen LogP contribution in [0.4, 0.5) is 0 Å². The van der Waals surface area contributed by atoms with Crippen LogP contribution in [0.3, 0.4) is 0 Å². The Balaban J connectivity index is 2.20. The lowest BCUT2D eigenvalue weighted by Crippen LogP contribution is -2.25. The zero-order chi connectivity index (χ0) is 11.1. The predicted octanol–water partition coefficient (Wildman–Crippen LogP) is 2.59. The minimum absolute atomic E-state index is 0.0520. The molecule has 3 heterocycles. The Morgan fingerprint density at radius 1 is 1.56 bits per heavy atom. The minimum Gasteiger partial charge on any atom is -0.461 e. The van der Waals surface area contributed by atoms with Gasteiger partial charge in [-0.05, 0) is 31.4 Å². The normalized spacial score (nSPS) is 19.8. The quantitative estimate of drug-likeness (QED) is 0.830. The number of nitrogens with zero attached hydrogens (tertiary/aromatic N) is 2. The van der Waals surface area contributed by atoms with E-state index in [4.69, 9.17) is 21.8 Å². The van der Waals surface area contributed by atoms with E-state index in [9.17, 15) is 0 Å². The third-order valence-electron chi connectivity index (χ3n) is 2.95. The average Bonchev–Trinajstić information content (AvgIpc) is 2.87. The van der Waals surface area contributed by atoms with Crippen LogP contribution in [-0.4, -0.2) is 9.55 Å². The van der Waals surface area contributed by atoms with Gasteiger partial charge in [0, 0.05) is 0 Å². The van der Waals surface area contributed by atoms with E-state index >= 15 is 0 Å². The van der Waals surface area contributed by atoms with Gasteiger partial charge in [-0.1, -0.05) is 11.6 Å². The molecule has 2 N–H and O–H groups in total. The van der Waals surface area contributed by atoms with Crippen molar-refractivity contribution in [3.63, 3.8) is 0 Å². The molecule has 2 aromatic rings. The number of rotatable bonds is 1. The molecule has 0 bridgehead atoms. The van der Waals surface area contributed by atoms with Crippen LogP contribution in [0.25, 0.3) is 11.6 Å². The van der Waals surface area contributed by atoms with Crippen LogP contribution in [0.1, 0.15) is 24.7 Å². The number of halogens is 1. The van der Waals surface area contributed by atoms with Gasteiger partial charge in [-0.15, -0.1) is 0 Å². The molecule has 0 radical (unpaired) electrons. The summed E-state index contributed by atoms with van der Waals surface area (Å²) in [5.41, 5.74) is 7.11. The van der Waals surface area contributed by atoms with Crippen molar-refractivity contribution in [1.82, 2.24) is 9.55 Å². The first kappa shape index (κ1) is 9.93. The molecule has 4 nitrogen and oxygen atoms in total. The van der Waals surface area contributed by atoms with Gasteiger partial charge < -0.3 is 14.7 Å². The van der Waals surface area contributed by atoms with Crippen molar-refractivity contribution in [3.8, 4) is 11.6 Å². The summed E-state index contributed by atoms with van der Waals surface area (Å²) in [6.07, 6.45) is 4.51. The van der Waals surface area contributed by atoms with Crippen molar-refractivity contribution in [3.05, 3.63) is 29.2 Å². The molecule has 16 heavy (non-hydrogen) atoms. The maximum absolute atomic E-state index is 6.12. The molecule has 0 spiro atoms. The topological polar surface area (TPSA) is 57.0 Å². The van der Waals surface area contributed by atoms with Gasteiger partial charge in [-0.3, -0.25) is 0 Å². The molecule has 0 saturated carbocycles. The minimum atomic E-state index is -0.0520. The highest BCUT2D eigenvalue weighted by Gasteiger charge is 2.25. The Kier molecular flexibility index (Phi) is 2.26. The summed E-state index contributed by atoms with van der Waals surface area (Å²) < 4.78 is 7.34. The van der Waals surface area contributed by atoms with Crippen LogP contribution in [0.5, 0.6) is 0 Å². The summed E-state index contributed by atoms with van der Waals surface area (Å²) in [6.45, 7) is 0. The third kappa shape index (κ3) is 1.37. The highest BCUT2D eigenvalue weighted by Crippen LogP contribution is 2.33. The van der Waals surface area contributed by atoms with Crippen molar-refractivity contribution in [2.75, 3.05) is 0 Å². The Morgan fingerprint density at radius 3 is 3.19 bits per heavy atom. The third-order valence-corrected chi connectivity index (χ3v) is 3.25. The fourth-order valence-electron chi connectivity index (χ4n) is 2.21. The van der Waals surface area contributed by atoms with Crippen LogP contribution >= 0.6 is 11.6 Å². The van der Waals surface area contributed by atoms with Crippen molar-refractivity contribution < 1.29 is 4.42 Å². The lowest BCUT2D eigenvalue weighted by Gasteiger charge is -2.23. The monoisotopic (exact) mass is 237 g/mol. The summed E-state index contributed by atoms with van der Waals surface area (Å²) in [5.74, 6) is 1.45. The molecule has 1 aliphatic rings. The molecule has 84 valence electrons. The van der Waals surface area contributed by atoms with E-state index < -0.39 is 0 Å². The molecular formula is C11H12ClN3O. The van der Waals surface area contributed by atoms with Gasteiger partial charge in [-0.2, -0.15) is 0 Å². The molecule has 5 heteroatoms. The molecule has 0 fully saturated rings. The van der Waals surface area contributed by atoms with Crippen LogP contribution in [0, 0.1) is 0 Å². The lowest BCUT2D eigenvalue weighted by molar-refractivity contribution is 0.413. The fourth-order valence-corrected chi connectivity index (χ4v) is 2.47. The van der Waals surface area contributed by atoms with Gasteiger partial charge in [0.1, 0.15) is 0 Å². The highest BCUT2D eigenvalue weighted by molar-refractivity contribution is 6.30. The van der Waals surface area contributed by atoms with Gasteiger partial charge in [0.15, 0.2) is 16.7 Å². The molecule has 1 unspecified atom stereocenters. The van der Waals surface area contributed by atoms with Crippen molar-refractivity contribution in [2.45, 2.75) is 25.4 Å². The second kappa shape index (κ2) is 3.64. The average molecular weight is 238 g/mol. The SMILES string of the molecule is NC1CCCc2c(Cl)nc(-c3ccco3)n21. The van der Waals surface area contributed by atoms with E-state index in [1.807, 2.05) is 16.7 Å². The largest absolute Gasteiger partial charge is 0.461 e. The summed E-state index contributed by atoms with van der Waals surface area (Å²) in [7, 11) is 0. The zero-order valence-electron chi connectivity index (χ0n) is 8.69. The number of fused-ring (bicyclic) bond motifs is 1. The number of hydrogen-bond acceptors (Lipinski definition) is 3. The van der Waals surface area contributed by atoms with Gasteiger partial charge >= 0.3 is 0 Å². The van der Waals surface area contributed by atoms with Crippen molar-refractivity contribution >= 4 is 11.6 Å². The lowest BCUT2D eigenvalue weighted by atomic mass is 10.1. The molecule has 2 aromatic heterocycles. The van der Waals surface area contributed by atoms with Crippen LogP contribution in [0.15, 0.2) is 22.8 Å². The van der Waals surface area contributed by atoms with Crippen molar-refractivity contribution in [2.24, 2.45) is 5.73 Å². The number of furan rings is 1. The fraction of sp³-hybridized carbons (Fsp3) is 0.364. The maximum atomic E-state index is 6.12. The first-order valence-electron chi connectivity index (χ1n) is 5.33. The molecule has 1 atom stereocenters. The summed E-state index contributed by atoms with van der Waals surface area (Å²) >= 11 is 6.12. The standard InChI is InChI=1S/C11H12ClN3O/c12-10-7-3-1-5-9(13)15(7)11(14-10)8-4-2-6-16-8/h2,4,6,9H,1,3,5,13H2. The van der Waals surface area contributed by atoms with Gasteiger partial charge in [-0.25, -0.2) is 4.98 Å². The van der Waals surface area contributed by atoms with E-state index in [0.29, 0.717) is 10.9 Å².